The molecule has 0 bridgehead atoms. The van der Waals surface area contributed by atoms with Gasteiger partial charge in [-0.25, -0.2) is 14.4 Å². The van der Waals surface area contributed by atoms with E-state index in [0.717, 1.165) is 5.57 Å². The topological polar surface area (TPSA) is 439 Å². The number of carboxylic acid groups (broad SMARTS) is 1. The fourth-order valence-electron chi connectivity index (χ4n) is 18.9. The van der Waals surface area contributed by atoms with Gasteiger partial charge in [0.2, 0.25) is 0 Å². The first kappa shape index (κ1) is 77.9. The summed E-state index contributed by atoms with van der Waals surface area (Å²) in [5.74, 6) is -6.74. The molecule has 4 aliphatic heterocycles. The highest BCUT2D eigenvalue weighted by atomic mass is 16.8. The molecule has 12 N–H and O–H groups in total. The number of rotatable bonds is 19. The van der Waals surface area contributed by atoms with Gasteiger partial charge >= 0.3 is 29.8 Å². The van der Waals surface area contributed by atoms with Crippen molar-refractivity contribution < 1.29 is 142 Å². The smallest absolute Gasteiger partial charge is 0.338 e. The van der Waals surface area contributed by atoms with E-state index in [-0.39, 0.29) is 35.8 Å². The number of aliphatic hydroxyl groups excluding tert-OH is 11. The molecule has 4 saturated heterocycles. The van der Waals surface area contributed by atoms with E-state index in [1.54, 1.807) is 48.5 Å². The average Bonchev–Trinajstić information content (AvgIpc) is 0.669. The molecule has 568 valence electrons. The van der Waals surface area contributed by atoms with Gasteiger partial charge in [0.25, 0.3) is 0 Å². The number of aliphatic carboxylic acids is 1. The van der Waals surface area contributed by atoms with Crippen LogP contribution in [0.25, 0.3) is 0 Å². The average molecular weight is 1440 g/mol. The number of ether oxygens (including phenoxy) is 12. The highest BCUT2D eigenvalue weighted by Crippen LogP contribution is 2.76. The second-order valence-corrected chi connectivity index (χ2v) is 31.7. The maximum absolute atomic E-state index is 14.1. The van der Waals surface area contributed by atoms with E-state index >= 15 is 0 Å². The summed E-state index contributed by atoms with van der Waals surface area (Å²) in [6.45, 7) is 16.4. The van der Waals surface area contributed by atoms with Crippen LogP contribution in [0, 0.1) is 56.2 Å². The molecule has 2 aromatic carbocycles. The molecule has 0 spiro atoms. The molecule has 29 heteroatoms. The molecule has 0 radical (unpaired) electrons. The zero-order valence-electron chi connectivity index (χ0n) is 59.0. The predicted molar refractivity (Wildman–Crippen MR) is 349 cm³/mol. The van der Waals surface area contributed by atoms with Gasteiger partial charge in [0.15, 0.2) is 43.5 Å². The molecule has 8 fully saturated rings. The SMILES string of the molecule is CC(=O)OCC12C(O)CC3(C)C(=CCC4C5(C)CCC(OC6OC(C(=O)O)C(O)C(OC7OCC(O)C(O)C7O)C6OC6OC(CO)C(O)C(O)C6O)C(C)(C)C5CCC43C)C1CC(C)(C)C(OC1OCC(OC(=O)c3ccccc3)C(OC(=O)C(C)C(C)OC(=O)c3ccccc3)C1O)C2O. The van der Waals surface area contributed by atoms with Gasteiger partial charge in [-0.15, -0.1) is 0 Å². The number of benzene rings is 2. The number of carbonyl (C=O) groups is 5. The fourth-order valence-corrected chi connectivity index (χ4v) is 18.9. The monoisotopic (exact) mass is 1440 g/mol. The number of carboxylic acids is 1. The molecule has 0 amide bonds. The third-order valence-electron chi connectivity index (χ3n) is 25.1. The van der Waals surface area contributed by atoms with Crippen LogP contribution in [0.15, 0.2) is 72.3 Å². The van der Waals surface area contributed by atoms with Crippen molar-refractivity contribution >= 4 is 29.8 Å². The van der Waals surface area contributed by atoms with Crippen LogP contribution in [0.2, 0.25) is 0 Å². The minimum atomic E-state index is -2.15. The van der Waals surface area contributed by atoms with Gasteiger partial charge in [-0.1, -0.05) is 96.5 Å². The van der Waals surface area contributed by atoms with Crippen molar-refractivity contribution in [1.29, 1.82) is 0 Å². The van der Waals surface area contributed by atoms with Gasteiger partial charge in [-0.3, -0.25) is 9.59 Å². The van der Waals surface area contributed by atoms with Gasteiger partial charge in [0.05, 0.1) is 66.7 Å². The molecule has 31 atom stereocenters. The Kier molecular flexibility index (Phi) is 22.8. The highest BCUT2D eigenvalue weighted by Gasteiger charge is 2.74. The molecule has 5 aliphatic carbocycles. The molecule has 4 saturated carbocycles. The van der Waals surface area contributed by atoms with Gasteiger partial charge in [-0.05, 0) is 128 Å². The minimum absolute atomic E-state index is 0.0740. The zero-order chi connectivity index (χ0) is 74.2. The van der Waals surface area contributed by atoms with E-state index in [0.29, 0.717) is 32.1 Å². The number of aliphatic hydroxyl groups is 11. The number of esters is 4. The van der Waals surface area contributed by atoms with Crippen LogP contribution in [0.5, 0.6) is 0 Å². The van der Waals surface area contributed by atoms with Crippen LogP contribution in [0.4, 0.5) is 0 Å². The van der Waals surface area contributed by atoms with Crippen molar-refractivity contribution in [2.24, 2.45) is 56.2 Å². The lowest BCUT2D eigenvalue weighted by atomic mass is 9.33. The lowest BCUT2D eigenvalue weighted by Gasteiger charge is -2.72. The Morgan fingerprint density at radius 1 is 0.618 bits per heavy atom. The van der Waals surface area contributed by atoms with Crippen molar-refractivity contribution in [2.75, 3.05) is 26.4 Å². The molecular formula is C73H102O29. The van der Waals surface area contributed by atoms with Crippen molar-refractivity contribution in [1.82, 2.24) is 0 Å². The summed E-state index contributed by atoms with van der Waals surface area (Å²) in [5.41, 5.74) is -3.90. The standard InChI is InChI=1S/C73H102O29/c1-33(34(2)94-62(89)36-17-13-11-14-18-36)61(88)98-54-42(95-63(90)37-19-15-12-16-20-37)31-92-65(53(54)84)102-59-58(85)73(32-93-35(3)75)39(27-68(59,4)5)38-21-22-44-70(8)25-24-46(69(6,7)43(70)23-26-71(44,9)72(38,10)28-45(73)77)97-67-57(101-66-51(82)49(80)48(79)41(29-74)96-66)55(52(83)56(100-67)60(86)87)99-64-50(81)47(78)40(76)30-91-64/h11-21,33-34,39-59,64-67,74,76-85H,22-32H2,1-10H3,(H,86,87). The Balaban J connectivity index is 0.856. The Labute approximate surface area is 591 Å². The molecular weight excluding hydrogens is 1340 g/mol. The summed E-state index contributed by atoms with van der Waals surface area (Å²) in [4.78, 5) is 66.9. The van der Waals surface area contributed by atoms with E-state index in [4.69, 9.17) is 56.8 Å². The first-order chi connectivity index (χ1) is 48.0. The van der Waals surface area contributed by atoms with Gasteiger partial charge < -0.3 is 118 Å². The van der Waals surface area contributed by atoms with E-state index in [9.17, 15) is 85.3 Å². The van der Waals surface area contributed by atoms with E-state index in [1.165, 1.54) is 32.9 Å². The third kappa shape index (κ3) is 13.9. The molecule has 11 rings (SSSR count). The maximum atomic E-state index is 14.1. The van der Waals surface area contributed by atoms with Gasteiger partial charge in [0, 0.05) is 6.92 Å². The van der Waals surface area contributed by atoms with E-state index in [1.807, 2.05) is 27.7 Å². The van der Waals surface area contributed by atoms with Crippen LogP contribution < -0.4 is 0 Å². The van der Waals surface area contributed by atoms with Gasteiger partial charge in [-0.2, -0.15) is 0 Å². The van der Waals surface area contributed by atoms with E-state index in [2.05, 4.69) is 26.8 Å². The van der Waals surface area contributed by atoms with Crippen LogP contribution in [0.1, 0.15) is 135 Å². The van der Waals surface area contributed by atoms with Crippen LogP contribution in [-0.4, -0.2) is 259 Å². The summed E-state index contributed by atoms with van der Waals surface area (Å²) in [6, 6.07) is 16.2. The lowest BCUT2D eigenvalue weighted by Crippen LogP contribution is -2.72. The summed E-state index contributed by atoms with van der Waals surface area (Å²) in [5, 5.41) is 136. The van der Waals surface area contributed by atoms with Crippen LogP contribution in [0.3, 0.4) is 0 Å². The second kappa shape index (κ2) is 29.8. The highest BCUT2D eigenvalue weighted by molar-refractivity contribution is 5.90. The second-order valence-electron chi connectivity index (χ2n) is 31.7. The number of allylic oxidation sites excluding steroid dienone is 2. The van der Waals surface area contributed by atoms with Crippen molar-refractivity contribution in [3.05, 3.63) is 83.4 Å². The summed E-state index contributed by atoms with van der Waals surface area (Å²) < 4.78 is 73.0. The number of hydrogen-bond donors (Lipinski definition) is 12. The van der Waals surface area contributed by atoms with Crippen molar-refractivity contribution in [3.63, 3.8) is 0 Å². The molecule has 0 aromatic heterocycles. The normalized spacial score (nSPS) is 44.3. The Morgan fingerprint density at radius 3 is 1.87 bits per heavy atom. The molecule has 4 heterocycles. The van der Waals surface area contributed by atoms with Gasteiger partial charge in [0.1, 0.15) is 79.9 Å². The zero-order valence-corrected chi connectivity index (χ0v) is 59.0. The van der Waals surface area contributed by atoms with Crippen LogP contribution in [-0.2, 0) is 71.2 Å². The minimum Gasteiger partial charge on any atom is -0.479 e. The fraction of sp³-hybridized carbons (Fsp3) is 0.740. The van der Waals surface area contributed by atoms with Crippen molar-refractivity contribution in [2.45, 2.75) is 255 Å². The van der Waals surface area contributed by atoms with Crippen molar-refractivity contribution in [3.8, 4) is 0 Å². The summed E-state index contributed by atoms with van der Waals surface area (Å²) in [7, 11) is 0. The number of fused-ring (bicyclic) bond motifs is 7. The largest absolute Gasteiger partial charge is 0.479 e. The molecule has 29 nitrogen and oxygen atoms in total. The van der Waals surface area contributed by atoms with E-state index < -0.39 is 242 Å². The van der Waals surface area contributed by atoms with Crippen LogP contribution >= 0.6 is 0 Å². The number of hydrogen-bond acceptors (Lipinski definition) is 28. The Hall–Kier alpha value is -5.23. The maximum Gasteiger partial charge on any atom is 0.338 e. The predicted octanol–water partition coefficient (Wildman–Crippen LogP) is 1.59. The first-order valence-corrected chi connectivity index (χ1v) is 35.3. The number of carbonyl (C=O) groups excluding carboxylic acids is 4. The quantitative estimate of drug-likeness (QED) is 0.0411. The Morgan fingerprint density at radius 2 is 1.24 bits per heavy atom. The Bertz CT molecular complexity index is 3340. The summed E-state index contributed by atoms with van der Waals surface area (Å²) in [6.07, 6.45) is -33.7. The molecule has 31 unspecified atom stereocenters. The first-order valence-electron chi connectivity index (χ1n) is 35.3. The summed E-state index contributed by atoms with van der Waals surface area (Å²) >= 11 is 0. The molecule has 2 aromatic rings. The molecule has 102 heavy (non-hydrogen) atoms. The lowest BCUT2D eigenvalue weighted by molar-refractivity contribution is -0.392. The third-order valence-corrected chi connectivity index (χ3v) is 25.1. The molecule has 9 aliphatic rings.